The van der Waals surface area contributed by atoms with Gasteiger partial charge in [-0.15, -0.1) is 0 Å². The highest BCUT2D eigenvalue weighted by Crippen LogP contribution is 2.18. The van der Waals surface area contributed by atoms with Crippen molar-refractivity contribution in [1.29, 1.82) is 0 Å². The van der Waals surface area contributed by atoms with Crippen molar-refractivity contribution in [1.82, 2.24) is 5.32 Å². The molecule has 0 aliphatic heterocycles. The van der Waals surface area contributed by atoms with E-state index in [4.69, 9.17) is 22.1 Å². The number of carbonyl (C=O) groups excluding carboxylic acids is 1. The largest absolute Gasteiger partial charge is 0.492 e. The molecule has 5 heteroatoms. The van der Waals surface area contributed by atoms with Gasteiger partial charge in [0, 0.05) is 5.69 Å². The average molecular weight is 305 g/mol. The van der Waals surface area contributed by atoms with Crippen molar-refractivity contribution in [2.45, 2.75) is 6.92 Å². The Morgan fingerprint density at radius 3 is 2.76 bits per heavy atom. The van der Waals surface area contributed by atoms with Gasteiger partial charge in [-0.1, -0.05) is 23.7 Å². The van der Waals surface area contributed by atoms with Gasteiger partial charge in [0.1, 0.15) is 12.4 Å². The highest BCUT2D eigenvalue weighted by atomic mass is 35.5. The normalized spacial score (nSPS) is 10.2. The molecule has 0 aliphatic rings. The number of nitrogens with one attached hydrogen (secondary N) is 1. The lowest BCUT2D eigenvalue weighted by atomic mass is 10.2. The molecule has 0 atom stereocenters. The number of aryl methyl sites for hydroxylation is 1. The van der Waals surface area contributed by atoms with E-state index < -0.39 is 0 Å². The molecular formula is C16H17ClN2O2. The lowest BCUT2D eigenvalue weighted by Crippen LogP contribution is -2.28. The summed E-state index contributed by atoms with van der Waals surface area (Å²) >= 11 is 5.96. The first-order chi connectivity index (χ1) is 10.1. The molecule has 2 aromatic carbocycles. The molecule has 0 saturated heterocycles. The maximum absolute atomic E-state index is 11.9. The fourth-order valence-electron chi connectivity index (χ4n) is 1.81. The van der Waals surface area contributed by atoms with Gasteiger partial charge >= 0.3 is 0 Å². The van der Waals surface area contributed by atoms with E-state index in [-0.39, 0.29) is 5.91 Å². The smallest absolute Gasteiger partial charge is 0.252 e. The van der Waals surface area contributed by atoms with Crippen molar-refractivity contribution in [3.05, 3.63) is 58.6 Å². The molecule has 2 aromatic rings. The third kappa shape index (κ3) is 4.13. The zero-order valence-electron chi connectivity index (χ0n) is 11.7. The van der Waals surface area contributed by atoms with Gasteiger partial charge in [0.2, 0.25) is 0 Å². The highest BCUT2D eigenvalue weighted by Gasteiger charge is 2.08. The van der Waals surface area contributed by atoms with Gasteiger partial charge in [0.15, 0.2) is 0 Å². The molecule has 0 unspecified atom stereocenters. The number of halogens is 1. The number of rotatable bonds is 5. The molecule has 0 aliphatic carbocycles. The van der Waals surface area contributed by atoms with Crippen LogP contribution in [-0.2, 0) is 0 Å². The molecule has 0 radical (unpaired) electrons. The molecule has 1 amide bonds. The fraction of sp³-hybridized carbons (Fsp3) is 0.188. The van der Waals surface area contributed by atoms with Crippen molar-refractivity contribution in [2.75, 3.05) is 18.9 Å². The molecule has 0 heterocycles. The predicted molar refractivity (Wildman–Crippen MR) is 84.9 cm³/mol. The minimum absolute atomic E-state index is 0.210. The number of hydrogen-bond donors (Lipinski definition) is 2. The van der Waals surface area contributed by atoms with Gasteiger partial charge in [0.25, 0.3) is 5.91 Å². The first kappa shape index (κ1) is 15.2. The predicted octanol–water partition coefficient (Wildman–Crippen LogP) is 3.04. The van der Waals surface area contributed by atoms with Gasteiger partial charge in [-0.2, -0.15) is 0 Å². The van der Waals surface area contributed by atoms with Crippen molar-refractivity contribution >= 4 is 23.2 Å². The van der Waals surface area contributed by atoms with E-state index in [2.05, 4.69) is 5.32 Å². The van der Waals surface area contributed by atoms with Crippen molar-refractivity contribution in [3.63, 3.8) is 0 Å². The molecule has 2 rings (SSSR count). The number of amides is 1. The molecule has 0 saturated carbocycles. The second kappa shape index (κ2) is 6.99. The summed E-state index contributed by atoms with van der Waals surface area (Å²) in [5.74, 6) is 0.520. The van der Waals surface area contributed by atoms with Crippen LogP contribution in [0.25, 0.3) is 0 Å². The van der Waals surface area contributed by atoms with Gasteiger partial charge in [-0.3, -0.25) is 4.79 Å². The van der Waals surface area contributed by atoms with Crippen LogP contribution in [0.2, 0.25) is 5.02 Å². The Balaban J connectivity index is 1.81. The summed E-state index contributed by atoms with van der Waals surface area (Å²) < 4.78 is 5.56. The SMILES string of the molecule is Cc1cc(OCCNC(=O)c2ccccc2Cl)ccc1N. The zero-order valence-corrected chi connectivity index (χ0v) is 12.5. The molecule has 0 spiro atoms. The minimum Gasteiger partial charge on any atom is -0.492 e. The number of nitrogen functional groups attached to an aromatic ring is 1. The third-order valence-corrected chi connectivity index (χ3v) is 3.35. The van der Waals surface area contributed by atoms with Gasteiger partial charge in [-0.05, 0) is 42.8 Å². The molecule has 0 aromatic heterocycles. The molecule has 21 heavy (non-hydrogen) atoms. The Morgan fingerprint density at radius 1 is 1.29 bits per heavy atom. The van der Waals surface area contributed by atoms with Crippen LogP contribution < -0.4 is 15.8 Å². The van der Waals surface area contributed by atoms with E-state index in [0.717, 1.165) is 17.0 Å². The second-order valence-corrected chi connectivity index (χ2v) is 5.01. The lowest BCUT2D eigenvalue weighted by Gasteiger charge is -2.09. The van der Waals surface area contributed by atoms with E-state index in [9.17, 15) is 4.79 Å². The first-order valence-corrected chi connectivity index (χ1v) is 6.97. The Labute approximate surface area is 128 Å². The zero-order chi connectivity index (χ0) is 15.2. The van der Waals surface area contributed by atoms with E-state index in [1.54, 1.807) is 36.4 Å². The topological polar surface area (TPSA) is 64.3 Å². The number of hydrogen-bond acceptors (Lipinski definition) is 3. The van der Waals surface area contributed by atoms with Crippen LogP contribution in [-0.4, -0.2) is 19.1 Å². The number of benzene rings is 2. The molecule has 110 valence electrons. The van der Waals surface area contributed by atoms with Gasteiger partial charge in [0.05, 0.1) is 17.1 Å². The summed E-state index contributed by atoms with van der Waals surface area (Å²) in [6, 6.07) is 12.4. The summed E-state index contributed by atoms with van der Waals surface area (Å²) in [5, 5.41) is 3.20. The van der Waals surface area contributed by atoms with Crippen LogP contribution in [0.1, 0.15) is 15.9 Å². The molecule has 0 fully saturated rings. The summed E-state index contributed by atoms with van der Waals surface area (Å²) in [5.41, 5.74) is 7.89. The molecular weight excluding hydrogens is 288 g/mol. The minimum atomic E-state index is -0.210. The van der Waals surface area contributed by atoms with Crippen molar-refractivity contribution in [2.24, 2.45) is 0 Å². The average Bonchev–Trinajstić information content (AvgIpc) is 2.47. The van der Waals surface area contributed by atoms with Gasteiger partial charge < -0.3 is 15.8 Å². The van der Waals surface area contributed by atoms with Crippen molar-refractivity contribution < 1.29 is 9.53 Å². The number of anilines is 1. The van der Waals surface area contributed by atoms with E-state index >= 15 is 0 Å². The Hall–Kier alpha value is -2.20. The number of nitrogens with two attached hydrogens (primary N) is 1. The summed E-state index contributed by atoms with van der Waals surface area (Å²) in [6.45, 7) is 2.69. The van der Waals surface area contributed by atoms with E-state index in [1.807, 2.05) is 13.0 Å². The monoisotopic (exact) mass is 304 g/mol. The lowest BCUT2D eigenvalue weighted by molar-refractivity contribution is 0.0947. The first-order valence-electron chi connectivity index (χ1n) is 6.59. The molecule has 4 nitrogen and oxygen atoms in total. The standard InChI is InChI=1S/C16H17ClN2O2/c1-11-10-12(6-7-15(11)18)21-9-8-19-16(20)13-4-2-3-5-14(13)17/h2-7,10H,8-9,18H2,1H3,(H,19,20). The fourth-order valence-corrected chi connectivity index (χ4v) is 2.03. The Morgan fingerprint density at radius 2 is 2.05 bits per heavy atom. The molecule has 3 N–H and O–H groups in total. The van der Waals surface area contributed by atoms with E-state index in [1.165, 1.54) is 0 Å². The van der Waals surface area contributed by atoms with Gasteiger partial charge in [-0.25, -0.2) is 0 Å². The van der Waals surface area contributed by atoms with Crippen LogP contribution in [0.3, 0.4) is 0 Å². The van der Waals surface area contributed by atoms with Crippen LogP contribution in [0.15, 0.2) is 42.5 Å². The Bertz CT molecular complexity index is 644. The maximum Gasteiger partial charge on any atom is 0.252 e. The second-order valence-electron chi connectivity index (χ2n) is 4.60. The van der Waals surface area contributed by atoms with Crippen LogP contribution in [0, 0.1) is 6.92 Å². The summed E-state index contributed by atoms with van der Waals surface area (Å²) in [6.07, 6.45) is 0. The number of carbonyl (C=O) groups is 1. The van der Waals surface area contributed by atoms with E-state index in [0.29, 0.717) is 23.7 Å². The third-order valence-electron chi connectivity index (χ3n) is 3.02. The van der Waals surface area contributed by atoms with Crippen LogP contribution in [0.4, 0.5) is 5.69 Å². The number of ether oxygens (including phenoxy) is 1. The summed E-state index contributed by atoms with van der Waals surface area (Å²) in [4.78, 5) is 11.9. The van der Waals surface area contributed by atoms with Crippen LogP contribution in [0.5, 0.6) is 5.75 Å². The Kier molecular flexibility index (Phi) is 5.06. The molecule has 0 bridgehead atoms. The quantitative estimate of drug-likeness (QED) is 0.659. The maximum atomic E-state index is 11.9. The highest BCUT2D eigenvalue weighted by molar-refractivity contribution is 6.33. The van der Waals surface area contributed by atoms with Crippen molar-refractivity contribution in [3.8, 4) is 5.75 Å². The van der Waals surface area contributed by atoms with Crippen LogP contribution >= 0.6 is 11.6 Å². The summed E-state index contributed by atoms with van der Waals surface area (Å²) in [7, 11) is 0.